The maximum absolute atomic E-state index is 12.7. The van der Waals surface area contributed by atoms with Gasteiger partial charge in [-0.25, -0.2) is 18.5 Å². The Labute approximate surface area is 197 Å². The lowest BCUT2D eigenvalue weighted by atomic mass is 10.0. The minimum atomic E-state index is -3.84. The van der Waals surface area contributed by atoms with Crippen LogP contribution in [0, 0.1) is 6.92 Å². The molecule has 0 spiro atoms. The summed E-state index contributed by atoms with van der Waals surface area (Å²) in [5.74, 6) is 0.503. The fraction of sp³-hybridized carbons (Fsp3) is 0.0800. The third-order valence-corrected chi connectivity index (χ3v) is 6.04. The number of nitrogens with zero attached hydrogens (tertiary/aromatic N) is 2. The molecule has 0 radical (unpaired) electrons. The van der Waals surface area contributed by atoms with Gasteiger partial charge in [-0.2, -0.15) is 0 Å². The number of aryl methyl sites for hydroxylation is 1. The molecule has 0 atom stereocenters. The number of nitrogens with one attached hydrogen (secondary N) is 1. The quantitative estimate of drug-likeness (QED) is 0.435. The highest BCUT2D eigenvalue weighted by Crippen LogP contribution is 2.31. The lowest BCUT2D eigenvalue weighted by Crippen LogP contribution is -2.15. The first kappa shape index (κ1) is 23.1. The second-order valence-corrected chi connectivity index (χ2v) is 9.14. The van der Waals surface area contributed by atoms with Crippen LogP contribution in [0.25, 0.3) is 22.5 Å². The Morgan fingerprint density at radius 1 is 0.941 bits per heavy atom. The van der Waals surface area contributed by atoms with Gasteiger partial charge in [-0.15, -0.1) is 0 Å². The first-order valence-electron chi connectivity index (χ1n) is 10.3. The van der Waals surface area contributed by atoms with Crippen LogP contribution in [0.4, 0.5) is 5.82 Å². The molecule has 0 saturated heterocycles. The number of hydrogen-bond acceptors (Lipinski definition) is 6. The monoisotopic (exact) mass is 474 g/mol. The van der Waals surface area contributed by atoms with Crippen molar-refractivity contribution in [3.8, 4) is 28.3 Å². The molecule has 4 aromatic rings. The Hall–Kier alpha value is -4.08. The highest BCUT2D eigenvalue weighted by atomic mass is 32.2. The highest BCUT2D eigenvalue weighted by Gasteiger charge is 2.15. The van der Waals surface area contributed by atoms with Gasteiger partial charge in [0.05, 0.1) is 29.6 Å². The average Bonchev–Trinajstić information content (AvgIpc) is 2.83. The van der Waals surface area contributed by atoms with Gasteiger partial charge in [-0.3, -0.25) is 9.78 Å². The van der Waals surface area contributed by atoms with Crippen molar-refractivity contribution in [2.45, 2.75) is 11.8 Å². The molecule has 1 heterocycles. The molecular formula is C25H22N4O4S. The summed E-state index contributed by atoms with van der Waals surface area (Å²) in [7, 11) is -2.25. The molecule has 0 unspecified atom stereocenters. The molecule has 172 valence electrons. The normalized spacial score (nSPS) is 11.1. The molecule has 9 heteroatoms. The number of carbonyl (C=O) groups is 1. The van der Waals surface area contributed by atoms with Crippen LogP contribution in [0.2, 0.25) is 0 Å². The topological polar surface area (TPSA) is 124 Å². The van der Waals surface area contributed by atoms with Crippen molar-refractivity contribution in [3.05, 3.63) is 90.1 Å². The molecular weight excluding hydrogens is 452 g/mol. The van der Waals surface area contributed by atoms with Crippen molar-refractivity contribution in [2.75, 3.05) is 12.4 Å². The van der Waals surface area contributed by atoms with Gasteiger partial charge in [0, 0.05) is 16.7 Å². The van der Waals surface area contributed by atoms with Crippen LogP contribution in [0.1, 0.15) is 15.9 Å². The molecule has 0 aliphatic carbocycles. The minimum Gasteiger partial charge on any atom is -0.497 e. The van der Waals surface area contributed by atoms with E-state index in [0.717, 1.165) is 16.7 Å². The molecule has 3 aromatic carbocycles. The third kappa shape index (κ3) is 5.11. The molecule has 0 fully saturated rings. The third-order valence-electron chi connectivity index (χ3n) is 5.11. The van der Waals surface area contributed by atoms with Gasteiger partial charge in [0.1, 0.15) is 5.75 Å². The van der Waals surface area contributed by atoms with Gasteiger partial charge in [-0.1, -0.05) is 23.8 Å². The average molecular weight is 475 g/mol. The van der Waals surface area contributed by atoms with E-state index in [1.54, 1.807) is 7.11 Å². The number of carbonyl (C=O) groups excluding carboxylic acids is 1. The second kappa shape index (κ2) is 9.42. The Morgan fingerprint density at radius 3 is 2.26 bits per heavy atom. The summed E-state index contributed by atoms with van der Waals surface area (Å²) in [6, 6.07) is 20.6. The maximum Gasteiger partial charge on any atom is 0.256 e. The number of methoxy groups -OCH3 is 1. The molecule has 1 amide bonds. The van der Waals surface area contributed by atoms with Crippen LogP contribution in [-0.2, 0) is 10.0 Å². The summed E-state index contributed by atoms with van der Waals surface area (Å²) in [4.78, 5) is 21.9. The summed E-state index contributed by atoms with van der Waals surface area (Å²) in [6.45, 7) is 2.00. The largest absolute Gasteiger partial charge is 0.497 e. The first-order chi connectivity index (χ1) is 16.2. The zero-order valence-corrected chi connectivity index (χ0v) is 19.3. The molecule has 4 rings (SSSR count). The van der Waals surface area contributed by atoms with Crippen LogP contribution in [0.15, 0.2) is 83.9 Å². The lowest BCUT2D eigenvalue weighted by molar-refractivity contribution is 0.102. The van der Waals surface area contributed by atoms with Crippen LogP contribution in [-0.4, -0.2) is 31.4 Å². The molecule has 8 nitrogen and oxygen atoms in total. The van der Waals surface area contributed by atoms with Gasteiger partial charge in [0.2, 0.25) is 10.0 Å². The number of benzene rings is 3. The predicted octanol–water partition coefficient (Wildman–Crippen LogP) is 4.03. The minimum absolute atomic E-state index is 0.0758. The van der Waals surface area contributed by atoms with Crippen molar-refractivity contribution in [3.63, 3.8) is 0 Å². The maximum atomic E-state index is 12.7. The zero-order chi connectivity index (χ0) is 24.3. The van der Waals surface area contributed by atoms with Crippen LogP contribution < -0.4 is 15.2 Å². The summed E-state index contributed by atoms with van der Waals surface area (Å²) < 4.78 is 28.1. The SMILES string of the molecule is COc1ccc(-c2nc(NC(=O)c3ccc(S(N)(=O)=O)cc3)cnc2-c2cccc(C)c2)cc1. The summed E-state index contributed by atoms with van der Waals surface area (Å²) in [5, 5.41) is 7.83. The fourth-order valence-electron chi connectivity index (χ4n) is 3.39. The van der Waals surface area contributed by atoms with Crippen molar-refractivity contribution < 1.29 is 17.9 Å². The Balaban J connectivity index is 1.70. The van der Waals surface area contributed by atoms with Crippen LogP contribution in [0.5, 0.6) is 5.75 Å². The van der Waals surface area contributed by atoms with Crippen LogP contribution in [0.3, 0.4) is 0 Å². The molecule has 3 N–H and O–H groups in total. The Bertz CT molecular complexity index is 1450. The highest BCUT2D eigenvalue weighted by molar-refractivity contribution is 7.89. The molecule has 0 bridgehead atoms. The molecule has 0 saturated carbocycles. The molecule has 34 heavy (non-hydrogen) atoms. The molecule has 1 aromatic heterocycles. The number of hydrogen-bond donors (Lipinski definition) is 2. The summed E-state index contributed by atoms with van der Waals surface area (Å²) in [6.07, 6.45) is 1.49. The van der Waals surface area contributed by atoms with E-state index in [1.165, 1.54) is 30.5 Å². The number of rotatable bonds is 6. The van der Waals surface area contributed by atoms with Crippen LogP contribution >= 0.6 is 0 Å². The lowest BCUT2D eigenvalue weighted by Gasteiger charge is -2.12. The number of primary sulfonamides is 1. The zero-order valence-electron chi connectivity index (χ0n) is 18.5. The standard InChI is InChI=1S/C25H22N4O4S/c1-16-4-3-5-19(14-16)23-24(17-6-10-20(33-2)11-7-17)28-22(15-27-23)29-25(30)18-8-12-21(13-9-18)34(26,31)32/h3-15H,1-2H3,(H2,26,31,32)(H,28,29,30). The molecule has 0 aliphatic rings. The van der Waals surface area contributed by atoms with Gasteiger partial charge < -0.3 is 10.1 Å². The number of sulfonamides is 1. The van der Waals surface area contributed by atoms with E-state index in [1.807, 2.05) is 55.5 Å². The molecule has 0 aliphatic heterocycles. The summed E-state index contributed by atoms with van der Waals surface area (Å²) in [5.41, 5.74) is 4.30. The van der Waals surface area contributed by atoms with Gasteiger partial charge in [0.15, 0.2) is 5.82 Å². The van der Waals surface area contributed by atoms with Gasteiger partial charge in [0.25, 0.3) is 5.91 Å². The van der Waals surface area contributed by atoms with Gasteiger partial charge in [-0.05, 0) is 61.5 Å². The number of anilines is 1. The number of ether oxygens (including phenoxy) is 1. The van der Waals surface area contributed by atoms with E-state index in [4.69, 9.17) is 9.88 Å². The smallest absolute Gasteiger partial charge is 0.256 e. The first-order valence-corrected chi connectivity index (χ1v) is 11.8. The van der Waals surface area contributed by atoms with E-state index >= 15 is 0 Å². The van der Waals surface area contributed by atoms with Gasteiger partial charge >= 0.3 is 0 Å². The number of nitrogens with two attached hydrogens (primary N) is 1. The van der Waals surface area contributed by atoms with Crippen molar-refractivity contribution in [1.29, 1.82) is 0 Å². The summed E-state index contributed by atoms with van der Waals surface area (Å²) >= 11 is 0. The van der Waals surface area contributed by atoms with E-state index < -0.39 is 15.9 Å². The second-order valence-electron chi connectivity index (χ2n) is 7.57. The Kier molecular flexibility index (Phi) is 6.40. The van der Waals surface area contributed by atoms with E-state index in [9.17, 15) is 13.2 Å². The van der Waals surface area contributed by atoms with E-state index in [0.29, 0.717) is 17.1 Å². The predicted molar refractivity (Wildman–Crippen MR) is 130 cm³/mol. The number of aromatic nitrogens is 2. The fourth-order valence-corrected chi connectivity index (χ4v) is 3.90. The Morgan fingerprint density at radius 2 is 1.65 bits per heavy atom. The van der Waals surface area contributed by atoms with Crippen molar-refractivity contribution in [1.82, 2.24) is 9.97 Å². The van der Waals surface area contributed by atoms with E-state index in [2.05, 4.69) is 15.3 Å². The number of amides is 1. The van der Waals surface area contributed by atoms with Crippen molar-refractivity contribution >= 4 is 21.7 Å². The van der Waals surface area contributed by atoms with Crippen molar-refractivity contribution in [2.24, 2.45) is 5.14 Å². The van der Waals surface area contributed by atoms with E-state index in [-0.39, 0.29) is 16.3 Å².